The minimum absolute atomic E-state index is 0.190. The van der Waals surface area contributed by atoms with Gasteiger partial charge in [0.15, 0.2) is 0 Å². The van der Waals surface area contributed by atoms with Crippen molar-refractivity contribution in [2.24, 2.45) is 11.7 Å². The molecule has 1 aliphatic rings. The fourth-order valence-electron chi connectivity index (χ4n) is 3.07. The zero-order valence-corrected chi connectivity index (χ0v) is 13.3. The second-order valence-corrected chi connectivity index (χ2v) is 5.75. The fraction of sp³-hybridized carbons (Fsp3) is 0.647. The second kappa shape index (κ2) is 8.37. The number of rotatable bonds is 7. The Kier molecular flexibility index (Phi) is 6.49. The molecule has 0 amide bonds. The van der Waals surface area contributed by atoms with E-state index in [1.807, 2.05) is 19.1 Å². The molecular formula is C17H28N2O2. The first kappa shape index (κ1) is 16.3. The summed E-state index contributed by atoms with van der Waals surface area (Å²) in [6.07, 6.45) is 2.41. The zero-order chi connectivity index (χ0) is 15.1. The SMILES string of the molecule is CCOc1ccccc1C(CN)N(C)CC1CCCOC1. The van der Waals surface area contributed by atoms with E-state index in [2.05, 4.69) is 24.1 Å². The van der Waals surface area contributed by atoms with Gasteiger partial charge in [0.1, 0.15) is 5.75 Å². The number of nitrogens with two attached hydrogens (primary N) is 1. The predicted molar refractivity (Wildman–Crippen MR) is 85.6 cm³/mol. The van der Waals surface area contributed by atoms with Crippen molar-refractivity contribution in [3.8, 4) is 5.75 Å². The van der Waals surface area contributed by atoms with Gasteiger partial charge in [0, 0.05) is 25.3 Å². The summed E-state index contributed by atoms with van der Waals surface area (Å²) in [5, 5.41) is 0. The van der Waals surface area contributed by atoms with Crippen LogP contribution in [0.5, 0.6) is 5.75 Å². The highest BCUT2D eigenvalue weighted by Gasteiger charge is 2.23. The van der Waals surface area contributed by atoms with Gasteiger partial charge in [-0.15, -0.1) is 0 Å². The van der Waals surface area contributed by atoms with Crippen molar-refractivity contribution >= 4 is 0 Å². The number of para-hydroxylation sites is 1. The van der Waals surface area contributed by atoms with Crippen molar-refractivity contribution in [2.75, 3.05) is 40.0 Å². The van der Waals surface area contributed by atoms with Gasteiger partial charge in [0.05, 0.1) is 19.3 Å². The van der Waals surface area contributed by atoms with Crippen LogP contribution in [-0.2, 0) is 4.74 Å². The van der Waals surface area contributed by atoms with E-state index >= 15 is 0 Å². The van der Waals surface area contributed by atoms with Gasteiger partial charge in [-0.3, -0.25) is 4.90 Å². The van der Waals surface area contributed by atoms with Crippen molar-refractivity contribution in [3.63, 3.8) is 0 Å². The minimum Gasteiger partial charge on any atom is -0.494 e. The maximum absolute atomic E-state index is 6.05. The van der Waals surface area contributed by atoms with Gasteiger partial charge >= 0.3 is 0 Å². The summed E-state index contributed by atoms with van der Waals surface area (Å²) in [5.41, 5.74) is 7.23. The summed E-state index contributed by atoms with van der Waals surface area (Å²) in [6.45, 7) is 6.07. The smallest absolute Gasteiger partial charge is 0.124 e. The quantitative estimate of drug-likeness (QED) is 0.838. The van der Waals surface area contributed by atoms with E-state index in [1.54, 1.807) is 0 Å². The first-order chi connectivity index (χ1) is 10.3. The predicted octanol–water partition coefficient (Wildman–Crippen LogP) is 2.44. The summed E-state index contributed by atoms with van der Waals surface area (Å²) in [5.74, 6) is 1.55. The molecule has 118 valence electrons. The van der Waals surface area contributed by atoms with Crippen LogP contribution in [0.25, 0.3) is 0 Å². The van der Waals surface area contributed by atoms with Crippen molar-refractivity contribution in [3.05, 3.63) is 29.8 Å². The second-order valence-electron chi connectivity index (χ2n) is 5.75. The molecule has 1 fully saturated rings. The topological polar surface area (TPSA) is 47.7 Å². The molecule has 2 N–H and O–H groups in total. The molecule has 1 aromatic carbocycles. The lowest BCUT2D eigenvalue weighted by molar-refractivity contribution is 0.0363. The number of hydrogen-bond donors (Lipinski definition) is 1. The fourth-order valence-corrected chi connectivity index (χ4v) is 3.07. The van der Waals surface area contributed by atoms with Crippen LogP contribution in [-0.4, -0.2) is 44.9 Å². The highest BCUT2D eigenvalue weighted by atomic mass is 16.5. The van der Waals surface area contributed by atoms with Crippen LogP contribution < -0.4 is 10.5 Å². The monoisotopic (exact) mass is 292 g/mol. The summed E-state index contributed by atoms with van der Waals surface area (Å²) in [7, 11) is 2.15. The molecule has 0 bridgehead atoms. The third-order valence-corrected chi connectivity index (χ3v) is 4.13. The first-order valence-corrected chi connectivity index (χ1v) is 7.96. The average molecular weight is 292 g/mol. The van der Waals surface area contributed by atoms with E-state index in [4.69, 9.17) is 15.2 Å². The van der Waals surface area contributed by atoms with E-state index in [-0.39, 0.29) is 6.04 Å². The average Bonchev–Trinajstić information content (AvgIpc) is 2.51. The molecule has 1 aromatic rings. The number of likely N-dealkylation sites (N-methyl/N-ethyl adjacent to an activating group) is 1. The van der Waals surface area contributed by atoms with Crippen LogP contribution in [0.4, 0.5) is 0 Å². The van der Waals surface area contributed by atoms with Gasteiger partial charge in [-0.1, -0.05) is 18.2 Å². The molecule has 0 spiro atoms. The Bertz CT molecular complexity index is 419. The lowest BCUT2D eigenvalue weighted by Gasteiger charge is -2.33. The van der Waals surface area contributed by atoms with E-state index in [0.717, 1.165) is 25.5 Å². The standard InChI is InChI=1S/C17H28N2O2/c1-3-21-17-9-5-4-8-15(17)16(11-18)19(2)12-14-7-6-10-20-13-14/h4-5,8-9,14,16H,3,6-7,10-13,18H2,1-2H3. The maximum atomic E-state index is 6.05. The molecular weight excluding hydrogens is 264 g/mol. The number of benzene rings is 1. The van der Waals surface area contributed by atoms with Crippen molar-refractivity contribution in [2.45, 2.75) is 25.8 Å². The van der Waals surface area contributed by atoms with Crippen LogP contribution in [0, 0.1) is 5.92 Å². The lowest BCUT2D eigenvalue weighted by atomic mass is 9.99. The van der Waals surface area contributed by atoms with Gasteiger partial charge in [0.25, 0.3) is 0 Å². The summed E-state index contributed by atoms with van der Waals surface area (Å²) < 4.78 is 11.3. The Morgan fingerprint density at radius 2 is 2.24 bits per heavy atom. The molecule has 2 rings (SSSR count). The molecule has 1 saturated heterocycles. The Balaban J connectivity index is 2.07. The summed E-state index contributed by atoms with van der Waals surface area (Å²) in [4.78, 5) is 2.34. The summed E-state index contributed by atoms with van der Waals surface area (Å²) >= 11 is 0. The first-order valence-electron chi connectivity index (χ1n) is 7.96. The molecule has 0 radical (unpaired) electrons. The molecule has 1 heterocycles. The van der Waals surface area contributed by atoms with E-state index in [0.29, 0.717) is 19.1 Å². The van der Waals surface area contributed by atoms with Crippen LogP contribution >= 0.6 is 0 Å². The summed E-state index contributed by atoms with van der Waals surface area (Å²) in [6, 6.07) is 8.40. The molecule has 2 unspecified atom stereocenters. The van der Waals surface area contributed by atoms with Crippen molar-refractivity contribution < 1.29 is 9.47 Å². The minimum atomic E-state index is 0.190. The van der Waals surface area contributed by atoms with Gasteiger partial charge in [0.2, 0.25) is 0 Å². The number of nitrogens with zero attached hydrogens (tertiary/aromatic N) is 1. The Morgan fingerprint density at radius 3 is 2.90 bits per heavy atom. The van der Waals surface area contributed by atoms with E-state index < -0.39 is 0 Å². The molecule has 2 atom stereocenters. The Morgan fingerprint density at radius 1 is 1.43 bits per heavy atom. The molecule has 0 aromatic heterocycles. The van der Waals surface area contributed by atoms with Crippen LogP contribution in [0.1, 0.15) is 31.4 Å². The maximum Gasteiger partial charge on any atom is 0.124 e. The normalized spacial score (nSPS) is 20.5. The van der Waals surface area contributed by atoms with Crippen molar-refractivity contribution in [1.29, 1.82) is 0 Å². The number of hydrogen-bond acceptors (Lipinski definition) is 4. The van der Waals surface area contributed by atoms with Crippen LogP contribution in [0.2, 0.25) is 0 Å². The third-order valence-electron chi connectivity index (χ3n) is 4.13. The Hall–Kier alpha value is -1.10. The highest BCUT2D eigenvalue weighted by Crippen LogP contribution is 2.29. The molecule has 0 saturated carbocycles. The van der Waals surface area contributed by atoms with Gasteiger partial charge in [-0.2, -0.15) is 0 Å². The molecule has 1 aliphatic heterocycles. The Labute approximate surface area is 128 Å². The van der Waals surface area contributed by atoms with Gasteiger partial charge in [-0.05, 0) is 38.8 Å². The van der Waals surface area contributed by atoms with E-state index in [1.165, 1.54) is 18.4 Å². The lowest BCUT2D eigenvalue weighted by Crippen LogP contribution is -2.36. The third kappa shape index (κ3) is 4.43. The van der Waals surface area contributed by atoms with Gasteiger partial charge in [-0.25, -0.2) is 0 Å². The highest BCUT2D eigenvalue weighted by molar-refractivity contribution is 5.36. The van der Waals surface area contributed by atoms with Crippen LogP contribution in [0.15, 0.2) is 24.3 Å². The van der Waals surface area contributed by atoms with Gasteiger partial charge < -0.3 is 15.2 Å². The van der Waals surface area contributed by atoms with Crippen LogP contribution in [0.3, 0.4) is 0 Å². The van der Waals surface area contributed by atoms with E-state index in [9.17, 15) is 0 Å². The molecule has 4 heteroatoms. The van der Waals surface area contributed by atoms with Crippen molar-refractivity contribution in [1.82, 2.24) is 4.90 Å². The zero-order valence-electron chi connectivity index (χ0n) is 13.3. The molecule has 0 aliphatic carbocycles. The largest absolute Gasteiger partial charge is 0.494 e. The molecule has 4 nitrogen and oxygen atoms in total. The number of ether oxygens (including phenoxy) is 2. The molecule has 21 heavy (non-hydrogen) atoms.